The van der Waals surface area contributed by atoms with E-state index in [1.807, 2.05) is 6.07 Å². The Balaban J connectivity index is 2.12. The third-order valence-corrected chi connectivity index (χ3v) is 3.22. The van der Waals surface area contributed by atoms with E-state index in [0.29, 0.717) is 16.7 Å². The first-order valence-corrected chi connectivity index (χ1v) is 6.31. The van der Waals surface area contributed by atoms with Crippen molar-refractivity contribution < 1.29 is 10.0 Å². The van der Waals surface area contributed by atoms with Crippen LogP contribution >= 0.6 is 15.9 Å². The van der Waals surface area contributed by atoms with Gasteiger partial charge in [-0.05, 0) is 45.8 Å². The number of nitro groups is 1. The first-order valence-electron chi connectivity index (χ1n) is 5.52. The van der Waals surface area contributed by atoms with Gasteiger partial charge in [-0.15, -0.1) is 0 Å². The summed E-state index contributed by atoms with van der Waals surface area (Å²) in [6, 6.07) is 11.7. The summed E-state index contributed by atoms with van der Waals surface area (Å²) in [4.78, 5) is 10.4. The highest BCUT2D eigenvalue weighted by Gasteiger charge is 2.11. The number of hydrogen-bond donors (Lipinski definition) is 2. The zero-order valence-electron chi connectivity index (χ0n) is 9.84. The Hall–Kier alpha value is -2.08. The lowest BCUT2D eigenvalue weighted by Gasteiger charge is -2.07. The molecule has 5 nitrogen and oxygen atoms in total. The predicted octanol–water partition coefficient (Wildman–Crippen LogP) is 3.68. The average molecular weight is 323 g/mol. The first kappa shape index (κ1) is 13.4. The van der Waals surface area contributed by atoms with E-state index < -0.39 is 4.92 Å². The molecule has 0 bridgehead atoms. The van der Waals surface area contributed by atoms with Gasteiger partial charge in [0.15, 0.2) is 0 Å². The lowest BCUT2D eigenvalue weighted by Crippen LogP contribution is -2.00. The van der Waals surface area contributed by atoms with Gasteiger partial charge in [-0.3, -0.25) is 10.1 Å². The van der Waals surface area contributed by atoms with Crippen LogP contribution in [0.25, 0.3) is 0 Å². The van der Waals surface area contributed by atoms with Crippen molar-refractivity contribution in [2.75, 3.05) is 5.32 Å². The molecule has 0 aliphatic carbocycles. The van der Waals surface area contributed by atoms with E-state index in [0.717, 1.165) is 5.56 Å². The summed E-state index contributed by atoms with van der Waals surface area (Å²) in [7, 11) is 0. The number of phenols is 1. The van der Waals surface area contributed by atoms with E-state index >= 15 is 0 Å². The van der Waals surface area contributed by atoms with Gasteiger partial charge in [-0.25, -0.2) is 0 Å². The highest BCUT2D eigenvalue weighted by molar-refractivity contribution is 9.10. The summed E-state index contributed by atoms with van der Waals surface area (Å²) in [6.45, 7) is 0.479. The van der Waals surface area contributed by atoms with Crippen molar-refractivity contribution in [1.29, 1.82) is 0 Å². The summed E-state index contributed by atoms with van der Waals surface area (Å²) in [5.41, 5.74) is 1.56. The molecule has 0 fully saturated rings. The number of phenolic OH excluding ortho intramolecular Hbond substituents is 1. The second kappa shape index (κ2) is 5.71. The minimum absolute atomic E-state index is 0.0147. The Kier molecular flexibility index (Phi) is 4.01. The first-order chi connectivity index (χ1) is 9.06. The maximum absolute atomic E-state index is 10.8. The van der Waals surface area contributed by atoms with Gasteiger partial charge < -0.3 is 10.4 Å². The number of benzene rings is 2. The number of nitrogens with one attached hydrogen (secondary N) is 1. The molecular weight excluding hydrogens is 312 g/mol. The third kappa shape index (κ3) is 3.45. The SMILES string of the molecule is O=[N+]([O-])c1cc(NCc2cccc(O)c2)ccc1Br. The molecule has 0 atom stereocenters. The van der Waals surface area contributed by atoms with Crippen molar-refractivity contribution in [3.8, 4) is 5.75 Å². The van der Waals surface area contributed by atoms with Crippen LogP contribution in [0, 0.1) is 10.1 Å². The Morgan fingerprint density at radius 1 is 1.26 bits per heavy atom. The monoisotopic (exact) mass is 322 g/mol. The molecule has 0 saturated heterocycles. The van der Waals surface area contributed by atoms with Crippen LogP contribution in [0.4, 0.5) is 11.4 Å². The molecule has 0 unspecified atom stereocenters. The number of hydrogen-bond acceptors (Lipinski definition) is 4. The molecule has 0 aliphatic heterocycles. The minimum atomic E-state index is -0.441. The van der Waals surface area contributed by atoms with Gasteiger partial charge in [0.1, 0.15) is 5.75 Å². The van der Waals surface area contributed by atoms with Gasteiger partial charge in [0.25, 0.3) is 5.69 Å². The van der Waals surface area contributed by atoms with Crippen molar-refractivity contribution in [2.24, 2.45) is 0 Å². The quantitative estimate of drug-likeness (QED) is 0.665. The molecule has 0 aliphatic rings. The predicted molar refractivity (Wildman–Crippen MR) is 76.2 cm³/mol. The molecular formula is C13H11BrN2O3. The van der Waals surface area contributed by atoms with E-state index in [1.54, 1.807) is 30.3 Å². The van der Waals surface area contributed by atoms with Crippen LogP contribution < -0.4 is 5.32 Å². The van der Waals surface area contributed by atoms with Gasteiger partial charge >= 0.3 is 0 Å². The maximum atomic E-state index is 10.8. The Bertz CT molecular complexity index is 617. The van der Waals surface area contributed by atoms with Gasteiger partial charge in [0, 0.05) is 18.3 Å². The number of nitrogens with zero attached hydrogens (tertiary/aromatic N) is 1. The number of anilines is 1. The molecule has 0 heterocycles. The van der Waals surface area contributed by atoms with Crippen molar-refractivity contribution in [3.63, 3.8) is 0 Å². The second-order valence-electron chi connectivity index (χ2n) is 3.95. The summed E-state index contributed by atoms with van der Waals surface area (Å²) in [5, 5.41) is 23.2. The van der Waals surface area contributed by atoms with Gasteiger partial charge in [-0.1, -0.05) is 12.1 Å². The normalized spacial score (nSPS) is 10.2. The molecule has 0 radical (unpaired) electrons. The largest absolute Gasteiger partial charge is 0.508 e. The van der Waals surface area contributed by atoms with Gasteiger partial charge in [0.2, 0.25) is 0 Å². The maximum Gasteiger partial charge on any atom is 0.285 e. The molecule has 2 rings (SSSR count). The highest BCUT2D eigenvalue weighted by atomic mass is 79.9. The van der Waals surface area contributed by atoms with Crippen LogP contribution in [-0.2, 0) is 6.54 Å². The Morgan fingerprint density at radius 3 is 2.74 bits per heavy atom. The van der Waals surface area contributed by atoms with E-state index in [4.69, 9.17) is 0 Å². The van der Waals surface area contributed by atoms with Crippen LogP contribution in [0.3, 0.4) is 0 Å². The fourth-order valence-corrected chi connectivity index (χ4v) is 2.02. The smallest absolute Gasteiger partial charge is 0.285 e. The molecule has 0 saturated carbocycles. The summed E-state index contributed by atoms with van der Waals surface area (Å²) < 4.78 is 0.445. The molecule has 98 valence electrons. The molecule has 2 N–H and O–H groups in total. The molecule has 0 spiro atoms. The average Bonchev–Trinajstić information content (AvgIpc) is 2.37. The zero-order chi connectivity index (χ0) is 13.8. The molecule has 6 heteroatoms. The van der Waals surface area contributed by atoms with Gasteiger partial charge in [-0.2, -0.15) is 0 Å². The summed E-state index contributed by atoms with van der Waals surface area (Å²) in [6.07, 6.45) is 0. The van der Waals surface area contributed by atoms with Crippen LogP contribution in [0.1, 0.15) is 5.56 Å². The lowest BCUT2D eigenvalue weighted by atomic mass is 10.2. The number of nitro benzene ring substituents is 1. The zero-order valence-corrected chi connectivity index (χ0v) is 11.4. The van der Waals surface area contributed by atoms with E-state index in [9.17, 15) is 15.2 Å². The van der Waals surface area contributed by atoms with Crippen molar-refractivity contribution in [2.45, 2.75) is 6.54 Å². The van der Waals surface area contributed by atoms with Crippen LogP contribution in [0.2, 0.25) is 0 Å². The third-order valence-electron chi connectivity index (χ3n) is 2.55. The van der Waals surface area contributed by atoms with Crippen LogP contribution in [0.5, 0.6) is 5.75 Å². The lowest BCUT2D eigenvalue weighted by molar-refractivity contribution is -0.385. The van der Waals surface area contributed by atoms with Crippen molar-refractivity contribution >= 4 is 27.3 Å². The van der Waals surface area contributed by atoms with Crippen molar-refractivity contribution in [3.05, 3.63) is 62.6 Å². The van der Waals surface area contributed by atoms with E-state index in [2.05, 4.69) is 21.2 Å². The Morgan fingerprint density at radius 2 is 2.05 bits per heavy atom. The minimum Gasteiger partial charge on any atom is -0.508 e. The summed E-state index contributed by atoms with van der Waals surface area (Å²) in [5.74, 6) is 0.195. The van der Waals surface area contributed by atoms with Crippen LogP contribution in [0.15, 0.2) is 46.9 Å². The van der Waals surface area contributed by atoms with E-state index in [1.165, 1.54) is 6.07 Å². The molecule has 19 heavy (non-hydrogen) atoms. The topological polar surface area (TPSA) is 75.4 Å². The standard InChI is InChI=1S/C13H11BrN2O3/c14-12-5-4-10(7-13(12)16(18)19)15-8-9-2-1-3-11(17)6-9/h1-7,15,17H,8H2. The molecule has 2 aromatic rings. The highest BCUT2D eigenvalue weighted by Crippen LogP contribution is 2.28. The molecule has 2 aromatic carbocycles. The number of rotatable bonds is 4. The number of halogens is 1. The fourth-order valence-electron chi connectivity index (χ4n) is 1.63. The van der Waals surface area contributed by atoms with Crippen LogP contribution in [-0.4, -0.2) is 10.0 Å². The fraction of sp³-hybridized carbons (Fsp3) is 0.0769. The summed E-state index contributed by atoms with van der Waals surface area (Å²) >= 11 is 3.13. The number of aromatic hydroxyl groups is 1. The molecule has 0 aromatic heterocycles. The second-order valence-corrected chi connectivity index (χ2v) is 4.80. The van der Waals surface area contributed by atoms with Gasteiger partial charge in [0.05, 0.1) is 9.40 Å². The van der Waals surface area contributed by atoms with Crippen molar-refractivity contribution in [1.82, 2.24) is 0 Å². The Labute approximate surface area is 118 Å². The van der Waals surface area contributed by atoms with E-state index in [-0.39, 0.29) is 11.4 Å². The molecule has 0 amide bonds.